The molecule has 1 amide bonds. The number of anilines is 1. The largest absolute Gasteiger partial charge is 0.490 e. The molecular formula is C23H29N5O3. The number of aromatic nitrogens is 2. The minimum absolute atomic E-state index is 0.0255. The van der Waals surface area contributed by atoms with Crippen LogP contribution in [0.5, 0.6) is 11.5 Å². The first-order chi connectivity index (χ1) is 15.0. The first kappa shape index (κ1) is 22.1. The number of amides is 1. The SMILES string of the molecule is CCOc1cc(/C=N\Nc2nc3ccc(C)cc3[nH]2)ccc1OCC(=O)N(CC)CC. The quantitative estimate of drug-likeness (QED) is 0.380. The lowest BCUT2D eigenvalue weighted by Gasteiger charge is -2.19. The number of rotatable bonds is 10. The summed E-state index contributed by atoms with van der Waals surface area (Å²) in [6, 6.07) is 11.5. The van der Waals surface area contributed by atoms with Crippen molar-refractivity contribution in [3.8, 4) is 11.5 Å². The van der Waals surface area contributed by atoms with Crippen LogP contribution >= 0.6 is 0 Å². The van der Waals surface area contributed by atoms with E-state index in [1.807, 2.05) is 58.0 Å². The second-order valence-electron chi connectivity index (χ2n) is 6.97. The molecule has 3 aromatic rings. The normalized spacial score (nSPS) is 11.1. The molecule has 8 nitrogen and oxygen atoms in total. The first-order valence-corrected chi connectivity index (χ1v) is 10.5. The van der Waals surface area contributed by atoms with Crippen molar-refractivity contribution in [3.63, 3.8) is 0 Å². The molecule has 0 saturated carbocycles. The van der Waals surface area contributed by atoms with E-state index in [0.29, 0.717) is 37.1 Å². The third-order valence-electron chi connectivity index (χ3n) is 4.76. The maximum absolute atomic E-state index is 12.2. The fraction of sp³-hybridized carbons (Fsp3) is 0.348. The summed E-state index contributed by atoms with van der Waals surface area (Å²) in [4.78, 5) is 21.6. The molecule has 0 saturated heterocycles. The van der Waals surface area contributed by atoms with Crippen molar-refractivity contribution in [3.05, 3.63) is 47.5 Å². The van der Waals surface area contributed by atoms with Gasteiger partial charge in [0.15, 0.2) is 18.1 Å². The smallest absolute Gasteiger partial charge is 0.260 e. The Morgan fingerprint density at radius 3 is 2.68 bits per heavy atom. The number of likely N-dealkylation sites (N-methyl/N-ethyl adjacent to an activating group) is 1. The van der Waals surface area contributed by atoms with Gasteiger partial charge in [0.05, 0.1) is 23.9 Å². The summed E-state index contributed by atoms with van der Waals surface area (Å²) < 4.78 is 11.4. The third-order valence-corrected chi connectivity index (χ3v) is 4.76. The zero-order valence-corrected chi connectivity index (χ0v) is 18.4. The molecule has 164 valence electrons. The van der Waals surface area contributed by atoms with Crippen LogP contribution in [-0.4, -0.2) is 53.3 Å². The molecule has 31 heavy (non-hydrogen) atoms. The molecule has 0 bridgehead atoms. The maximum atomic E-state index is 12.2. The highest BCUT2D eigenvalue weighted by molar-refractivity contribution is 5.82. The van der Waals surface area contributed by atoms with Crippen LogP contribution in [-0.2, 0) is 4.79 Å². The van der Waals surface area contributed by atoms with E-state index in [0.717, 1.165) is 22.2 Å². The lowest BCUT2D eigenvalue weighted by Crippen LogP contribution is -2.34. The van der Waals surface area contributed by atoms with E-state index in [1.165, 1.54) is 0 Å². The molecule has 1 aromatic heterocycles. The number of benzene rings is 2. The number of nitrogens with zero attached hydrogens (tertiary/aromatic N) is 3. The highest BCUT2D eigenvalue weighted by atomic mass is 16.5. The lowest BCUT2D eigenvalue weighted by atomic mass is 10.2. The van der Waals surface area contributed by atoms with Crippen molar-refractivity contribution in [2.75, 3.05) is 31.7 Å². The van der Waals surface area contributed by atoms with Crippen LogP contribution in [0.4, 0.5) is 5.95 Å². The Morgan fingerprint density at radius 1 is 1.13 bits per heavy atom. The number of aryl methyl sites for hydroxylation is 1. The van der Waals surface area contributed by atoms with Crippen LogP contribution in [0.2, 0.25) is 0 Å². The number of nitrogens with one attached hydrogen (secondary N) is 2. The average Bonchev–Trinajstić information content (AvgIpc) is 3.16. The van der Waals surface area contributed by atoms with Crippen LogP contribution < -0.4 is 14.9 Å². The van der Waals surface area contributed by atoms with Crippen LogP contribution in [0.1, 0.15) is 31.9 Å². The van der Waals surface area contributed by atoms with Crippen LogP contribution in [0.25, 0.3) is 11.0 Å². The Bertz CT molecular complexity index is 1060. The molecule has 2 N–H and O–H groups in total. The first-order valence-electron chi connectivity index (χ1n) is 10.5. The van der Waals surface area contributed by atoms with Gasteiger partial charge in [-0.2, -0.15) is 5.10 Å². The maximum Gasteiger partial charge on any atom is 0.260 e. The van der Waals surface area contributed by atoms with Gasteiger partial charge >= 0.3 is 0 Å². The molecule has 0 aliphatic heterocycles. The number of ether oxygens (including phenoxy) is 2. The predicted octanol–water partition coefficient (Wildman–Crippen LogP) is 3.96. The highest BCUT2D eigenvalue weighted by Gasteiger charge is 2.13. The zero-order chi connectivity index (χ0) is 22.2. The predicted molar refractivity (Wildman–Crippen MR) is 123 cm³/mol. The van der Waals surface area contributed by atoms with E-state index < -0.39 is 0 Å². The van der Waals surface area contributed by atoms with E-state index in [4.69, 9.17) is 9.47 Å². The van der Waals surface area contributed by atoms with E-state index in [9.17, 15) is 4.79 Å². The van der Waals surface area contributed by atoms with Gasteiger partial charge in [0.25, 0.3) is 5.91 Å². The van der Waals surface area contributed by atoms with Gasteiger partial charge in [-0.1, -0.05) is 6.07 Å². The number of imidazole rings is 1. The van der Waals surface area contributed by atoms with Gasteiger partial charge in [-0.25, -0.2) is 10.4 Å². The van der Waals surface area contributed by atoms with Crippen molar-refractivity contribution >= 4 is 29.1 Å². The van der Waals surface area contributed by atoms with Crippen molar-refractivity contribution in [2.45, 2.75) is 27.7 Å². The number of hydrazone groups is 1. The van der Waals surface area contributed by atoms with Gasteiger partial charge in [-0.05, 0) is 69.2 Å². The number of fused-ring (bicyclic) bond motifs is 1. The summed E-state index contributed by atoms with van der Waals surface area (Å²) >= 11 is 0. The number of carbonyl (C=O) groups is 1. The van der Waals surface area contributed by atoms with Crippen molar-refractivity contribution < 1.29 is 14.3 Å². The Hall–Kier alpha value is -3.55. The summed E-state index contributed by atoms with van der Waals surface area (Å²) in [5, 5.41) is 4.25. The van der Waals surface area contributed by atoms with Gasteiger partial charge in [0.1, 0.15) is 0 Å². The molecule has 0 radical (unpaired) electrons. The zero-order valence-electron chi connectivity index (χ0n) is 18.4. The molecule has 1 heterocycles. The average molecular weight is 424 g/mol. The fourth-order valence-corrected chi connectivity index (χ4v) is 3.14. The van der Waals surface area contributed by atoms with Crippen LogP contribution in [0, 0.1) is 6.92 Å². The van der Waals surface area contributed by atoms with Gasteiger partial charge < -0.3 is 19.4 Å². The van der Waals surface area contributed by atoms with Gasteiger partial charge in [-0.15, -0.1) is 0 Å². The number of aromatic amines is 1. The van der Waals surface area contributed by atoms with Crippen LogP contribution in [0.15, 0.2) is 41.5 Å². The number of carbonyl (C=O) groups excluding carboxylic acids is 1. The van der Waals surface area contributed by atoms with Crippen molar-refractivity contribution in [2.24, 2.45) is 5.10 Å². The second kappa shape index (κ2) is 10.5. The summed E-state index contributed by atoms with van der Waals surface area (Å²) in [7, 11) is 0. The van der Waals surface area contributed by atoms with Crippen molar-refractivity contribution in [1.82, 2.24) is 14.9 Å². The number of hydrogen-bond acceptors (Lipinski definition) is 6. The summed E-state index contributed by atoms with van der Waals surface area (Å²) in [6.45, 7) is 9.60. The molecule has 0 spiro atoms. The molecule has 8 heteroatoms. The van der Waals surface area contributed by atoms with E-state index >= 15 is 0 Å². The van der Waals surface area contributed by atoms with Gasteiger partial charge in [0, 0.05) is 13.1 Å². The second-order valence-corrected chi connectivity index (χ2v) is 6.97. The topological polar surface area (TPSA) is 91.8 Å². The number of hydrogen-bond donors (Lipinski definition) is 2. The Kier molecular flexibility index (Phi) is 7.48. The van der Waals surface area contributed by atoms with Gasteiger partial charge in [-0.3, -0.25) is 4.79 Å². The Morgan fingerprint density at radius 2 is 1.94 bits per heavy atom. The lowest BCUT2D eigenvalue weighted by molar-refractivity contribution is -0.132. The minimum Gasteiger partial charge on any atom is -0.490 e. The Labute approximate surface area is 182 Å². The minimum atomic E-state index is -0.0525. The van der Waals surface area contributed by atoms with E-state index in [-0.39, 0.29) is 12.5 Å². The molecule has 0 atom stereocenters. The molecule has 0 fully saturated rings. The molecular weight excluding hydrogens is 394 g/mol. The molecule has 0 unspecified atom stereocenters. The highest BCUT2D eigenvalue weighted by Crippen LogP contribution is 2.28. The molecule has 0 aliphatic carbocycles. The fourth-order valence-electron chi connectivity index (χ4n) is 3.14. The summed E-state index contributed by atoms with van der Waals surface area (Å²) in [6.07, 6.45) is 1.67. The van der Waals surface area contributed by atoms with E-state index in [2.05, 4.69) is 20.5 Å². The summed E-state index contributed by atoms with van der Waals surface area (Å²) in [5.74, 6) is 1.61. The molecule has 0 aliphatic rings. The van der Waals surface area contributed by atoms with Crippen LogP contribution in [0.3, 0.4) is 0 Å². The Balaban J connectivity index is 1.66. The number of H-pyrrole nitrogens is 1. The molecule has 3 rings (SSSR count). The van der Waals surface area contributed by atoms with Crippen molar-refractivity contribution in [1.29, 1.82) is 0 Å². The van der Waals surface area contributed by atoms with E-state index in [1.54, 1.807) is 17.2 Å². The monoisotopic (exact) mass is 423 g/mol. The third kappa shape index (κ3) is 5.75. The molecule has 2 aromatic carbocycles. The standard InChI is InChI=1S/C23H29N5O3/c1-5-28(6-2)22(29)15-31-20-11-9-17(13-21(20)30-7-3)14-24-27-23-25-18-10-8-16(4)12-19(18)26-23/h8-14H,5-7,15H2,1-4H3,(H2,25,26,27)/b24-14-. The summed E-state index contributed by atoms with van der Waals surface area (Å²) in [5.41, 5.74) is 6.73. The van der Waals surface area contributed by atoms with Gasteiger partial charge in [0.2, 0.25) is 5.95 Å².